The predicted molar refractivity (Wildman–Crippen MR) is 65.9 cm³/mol. The molecular formula is C11H11N3O4. The zero-order valence-corrected chi connectivity index (χ0v) is 9.59. The topological polar surface area (TPSA) is 89.5 Å². The molecule has 0 heterocycles. The molecule has 0 amide bonds. The number of nitro groups is 2. The molecule has 7 heteroatoms. The highest BCUT2D eigenvalue weighted by Gasteiger charge is 2.02. The first-order valence-corrected chi connectivity index (χ1v) is 4.97. The van der Waals surface area contributed by atoms with E-state index < -0.39 is 9.85 Å². The average Bonchev–Trinajstić information content (AvgIpc) is 2.30. The molecule has 0 spiro atoms. The highest BCUT2D eigenvalue weighted by atomic mass is 16.6. The van der Waals surface area contributed by atoms with Gasteiger partial charge < -0.3 is 4.90 Å². The van der Waals surface area contributed by atoms with E-state index in [0.29, 0.717) is 18.1 Å². The van der Waals surface area contributed by atoms with Crippen LogP contribution in [-0.2, 0) is 0 Å². The number of nitrogens with zero attached hydrogens (tertiary/aromatic N) is 3. The van der Waals surface area contributed by atoms with Crippen LogP contribution in [0.25, 0.3) is 0 Å². The first-order chi connectivity index (χ1) is 8.49. The monoisotopic (exact) mass is 249 g/mol. The van der Waals surface area contributed by atoms with Gasteiger partial charge in [0.25, 0.3) is 12.4 Å². The lowest BCUT2D eigenvalue weighted by Gasteiger charge is -2.12. The highest BCUT2D eigenvalue weighted by molar-refractivity contribution is 5.52. The summed E-state index contributed by atoms with van der Waals surface area (Å²) in [4.78, 5) is 20.5. The van der Waals surface area contributed by atoms with E-state index in [1.165, 1.54) is 4.90 Å². The van der Waals surface area contributed by atoms with Crippen molar-refractivity contribution in [3.8, 4) is 0 Å². The molecule has 7 nitrogen and oxygen atoms in total. The maximum Gasteiger partial charge on any atom is 0.250 e. The van der Waals surface area contributed by atoms with Gasteiger partial charge in [0.2, 0.25) is 0 Å². The van der Waals surface area contributed by atoms with Gasteiger partial charge >= 0.3 is 0 Å². The minimum atomic E-state index is -0.638. The second-order valence-electron chi connectivity index (χ2n) is 3.41. The number of benzene rings is 1. The summed E-state index contributed by atoms with van der Waals surface area (Å²) in [6.45, 7) is 1.90. The molecule has 0 saturated carbocycles. The molecule has 0 aromatic heterocycles. The molecule has 0 bridgehead atoms. The summed E-state index contributed by atoms with van der Waals surface area (Å²) >= 11 is 0. The minimum absolute atomic E-state index is 0.594. The lowest BCUT2D eigenvalue weighted by atomic mass is 10.2. The third kappa shape index (κ3) is 4.44. The molecule has 0 aliphatic carbocycles. The average molecular weight is 249 g/mol. The molecule has 0 atom stereocenters. The fourth-order valence-corrected chi connectivity index (χ4v) is 1.19. The molecule has 0 aliphatic heterocycles. The van der Waals surface area contributed by atoms with Crippen LogP contribution >= 0.6 is 0 Å². The number of hydrogen-bond donors (Lipinski definition) is 0. The number of aryl methyl sites for hydroxylation is 1. The van der Waals surface area contributed by atoms with Gasteiger partial charge in [0.1, 0.15) is 0 Å². The zero-order valence-electron chi connectivity index (χ0n) is 9.59. The van der Waals surface area contributed by atoms with E-state index in [1.807, 2.05) is 19.1 Å². The lowest BCUT2D eigenvalue weighted by Crippen LogP contribution is -2.08. The van der Waals surface area contributed by atoms with Gasteiger partial charge in [0, 0.05) is 5.69 Å². The summed E-state index contributed by atoms with van der Waals surface area (Å²) in [5, 5.41) is 20.5. The van der Waals surface area contributed by atoms with Crippen molar-refractivity contribution >= 4 is 5.69 Å². The van der Waals surface area contributed by atoms with Crippen LogP contribution in [0.5, 0.6) is 0 Å². The molecular weight excluding hydrogens is 238 g/mol. The fraction of sp³-hybridized carbons (Fsp3) is 0.0909. The Kier molecular flexibility index (Phi) is 4.56. The third-order valence-corrected chi connectivity index (χ3v) is 2.03. The number of anilines is 1. The van der Waals surface area contributed by atoms with Crippen molar-refractivity contribution in [2.45, 2.75) is 6.92 Å². The van der Waals surface area contributed by atoms with Crippen molar-refractivity contribution in [2.75, 3.05) is 4.90 Å². The van der Waals surface area contributed by atoms with Gasteiger partial charge in [-0.05, 0) is 19.1 Å². The Hall–Kier alpha value is -2.70. The number of hydrogen-bond acceptors (Lipinski definition) is 5. The van der Waals surface area contributed by atoms with Crippen molar-refractivity contribution < 1.29 is 9.85 Å². The van der Waals surface area contributed by atoms with Crippen LogP contribution in [0.15, 0.2) is 49.1 Å². The van der Waals surface area contributed by atoms with Gasteiger partial charge in [-0.25, -0.2) is 0 Å². The SMILES string of the molecule is Cc1ccc(N(/C=C\[N+](=O)[O-])/C=C/[N+](=O)[O-])cc1. The van der Waals surface area contributed by atoms with E-state index in [1.54, 1.807) is 12.1 Å². The van der Waals surface area contributed by atoms with Crippen LogP contribution in [0, 0.1) is 27.2 Å². The number of rotatable bonds is 5. The van der Waals surface area contributed by atoms with E-state index in [-0.39, 0.29) is 0 Å². The van der Waals surface area contributed by atoms with E-state index in [0.717, 1.165) is 18.0 Å². The summed E-state index contributed by atoms with van der Waals surface area (Å²) in [7, 11) is 0. The Bertz CT molecular complexity index is 470. The molecule has 1 aromatic carbocycles. The summed E-state index contributed by atoms with van der Waals surface area (Å²) in [5.74, 6) is 0. The first kappa shape index (κ1) is 13.4. The smallest absolute Gasteiger partial charge is 0.250 e. The molecule has 18 heavy (non-hydrogen) atoms. The Morgan fingerprint density at radius 1 is 1.00 bits per heavy atom. The van der Waals surface area contributed by atoms with Gasteiger partial charge in [-0.15, -0.1) is 0 Å². The van der Waals surface area contributed by atoms with Gasteiger partial charge in [0.05, 0.1) is 22.2 Å². The van der Waals surface area contributed by atoms with Gasteiger partial charge in [-0.1, -0.05) is 17.7 Å². The van der Waals surface area contributed by atoms with Crippen LogP contribution in [0.2, 0.25) is 0 Å². The van der Waals surface area contributed by atoms with Gasteiger partial charge in [0.15, 0.2) is 0 Å². The van der Waals surface area contributed by atoms with E-state index in [9.17, 15) is 20.2 Å². The van der Waals surface area contributed by atoms with E-state index in [4.69, 9.17) is 0 Å². The maximum absolute atomic E-state index is 10.3. The molecule has 0 N–H and O–H groups in total. The molecule has 94 valence electrons. The molecule has 0 radical (unpaired) electrons. The van der Waals surface area contributed by atoms with Crippen LogP contribution in [0.4, 0.5) is 5.69 Å². The predicted octanol–water partition coefficient (Wildman–Crippen LogP) is 2.30. The van der Waals surface area contributed by atoms with Crippen LogP contribution in [0.3, 0.4) is 0 Å². The Morgan fingerprint density at radius 3 is 1.83 bits per heavy atom. The second-order valence-corrected chi connectivity index (χ2v) is 3.41. The quantitative estimate of drug-likeness (QED) is 0.590. The van der Waals surface area contributed by atoms with Crippen molar-refractivity contribution in [1.82, 2.24) is 0 Å². The molecule has 0 fully saturated rings. The minimum Gasteiger partial charge on any atom is -0.312 e. The normalized spacial score (nSPS) is 10.9. The highest BCUT2D eigenvalue weighted by Crippen LogP contribution is 2.16. The third-order valence-electron chi connectivity index (χ3n) is 2.03. The van der Waals surface area contributed by atoms with Crippen LogP contribution in [0.1, 0.15) is 5.56 Å². The summed E-state index contributed by atoms with van der Waals surface area (Å²) in [6.07, 6.45) is 3.71. The summed E-state index contributed by atoms with van der Waals surface area (Å²) < 4.78 is 0. The molecule has 1 rings (SSSR count). The molecule has 0 unspecified atom stereocenters. The van der Waals surface area contributed by atoms with Gasteiger partial charge in [-0.3, -0.25) is 20.2 Å². The van der Waals surface area contributed by atoms with E-state index in [2.05, 4.69) is 0 Å². The van der Waals surface area contributed by atoms with Crippen LogP contribution in [-0.4, -0.2) is 9.85 Å². The van der Waals surface area contributed by atoms with Crippen molar-refractivity contribution in [1.29, 1.82) is 0 Å². The Labute approximate surface area is 103 Å². The van der Waals surface area contributed by atoms with Gasteiger partial charge in [-0.2, -0.15) is 0 Å². The zero-order chi connectivity index (χ0) is 13.5. The Balaban J connectivity index is 2.99. The standard InChI is InChI=1S/C11H11N3O4/c1-10-2-4-11(5-3-10)12(6-8-13(15)16)7-9-14(17)18/h2-9H,1H3/b8-6-,9-7+. The van der Waals surface area contributed by atoms with E-state index >= 15 is 0 Å². The largest absolute Gasteiger partial charge is 0.312 e. The fourth-order valence-electron chi connectivity index (χ4n) is 1.19. The van der Waals surface area contributed by atoms with Crippen molar-refractivity contribution in [2.24, 2.45) is 0 Å². The first-order valence-electron chi connectivity index (χ1n) is 4.97. The summed E-state index contributed by atoms with van der Waals surface area (Å²) in [5.41, 5.74) is 1.62. The molecule has 0 saturated heterocycles. The van der Waals surface area contributed by atoms with Crippen LogP contribution < -0.4 is 4.90 Å². The maximum atomic E-state index is 10.3. The summed E-state index contributed by atoms with van der Waals surface area (Å²) in [6, 6.07) is 7.04. The molecule has 0 aliphatic rings. The van der Waals surface area contributed by atoms with Crippen molar-refractivity contribution in [3.63, 3.8) is 0 Å². The Morgan fingerprint density at radius 2 is 1.44 bits per heavy atom. The molecule has 1 aromatic rings. The lowest BCUT2D eigenvalue weighted by molar-refractivity contribution is -0.403. The van der Waals surface area contributed by atoms with Crippen molar-refractivity contribution in [3.05, 3.63) is 74.9 Å². The second kappa shape index (κ2) is 6.14.